The van der Waals surface area contributed by atoms with Gasteiger partial charge in [-0.05, 0) is 31.0 Å². The average Bonchev–Trinajstić information content (AvgIpc) is 3.05. The van der Waals surface area contributed by atoms with Crippen LogP contribution in [0.4, 0.5) is 11.8 Å². The lowest BCUT2D eigenvalue weighted by Crippen LogP contribution is -2.23. The van der Waals surface area contributed by atoms with Crippen LogP contribution in [0.25, 0.3) is 0 Å². The van der Waals surface area contributed by atoms with Crippen LogP contribution in [0.3, 0.4) is 0 Å². The van der Waals surface area contributed by atoms with Crippen molar-refractivity contribution in [1.82, 2.24) is 20.1 Å². The predicted octanol–water partition coefficient (Wildman–Crippen LogP) is 2.10. The number of hydrogen-bond donors (Lipinski definition) is 1. The normalized spacial score (nSPS) is 10.5. The van der Waals surface area contributed by atoms with Crippen LogP contribution in [-0.2, 0) is 6.42 Å². The van der Waals surface area contributed by atoms with E-state index in [9.17, 15) is 4.79 Å². The predicted molar refractivity (Wildman–Crippen MR) is 92.4 cm³/mol. The topological polar surface area (TPSA) is 97.0 Å². The number of nitrogens with one attached hydrogen (secondary N) is 1. The smallest absolute Gasteiger partial charge is 0.260 e. The number of pyridine rings is 1. The maximum absolute atomic E-state index is 12.1. The number of carbonyl (C=O) groups is 1. The van der Waals surface area contributed by atoms with Gasteiger partial charge in [0, 0.05) is 44.4 Å². The van der Waals surface area contributed by atoms with Crippen molar-refractivity contribution in [2.24, 2.45) is 0 Å². The molecule has 0 aliphatic carbocycles. The number of aryl methyl sites for hydroxylation is 1. The summed E-state index contributed by atoms with van der Waals surface area (Å²) in [4.78, 5) is 26.6. The van der Waals surface area contributed by atoms with Crippen LogP contribution >= 0.6 is 0 Å². The van der Waals surface area contributed by atoms with Gasteiger partial charge >= 0.3 is 0 Å². The van der Waals surface area contributed by atoms with E-state index in [1.807, 2.05) is 24.1 Å². The molecule has 3 rings (SSSR count). The van der Waals surface area contributed by atoms with E-state index in [-0.39, 0.29) is 5.91 Å². The van der Waals surface area contributed by atoms with E-state index in [4.69, 9.17) is 4.52 Å². The Labute approximate surface area is 144 Å². The zero-order chi connectivity index (χ0) is 17.6. The Bertz CT molecular complexity index is 832. The third kappa shape index (κ3) is 4.37. The van der Waals surface area contributed by atoms with Gasteiger partial charge < -0.3 is 14.7 Å². The number of rotatable bonds is 6. The number of anilines is 2. The lowest BCUT2D eigenvalue weighted by Gasteiger charge is -2.16. The highest BCUT2D eigenvalue weighted by Gasteiger charge is 2.11. The summed E-state index contributed by atoms with van der Waals surface area (Å²) in [5.74, 6) is 1.21. The van der Waals surface area contributed by atoms with Crippen molar-refractivity contribution in [3.8, 4) is 0 Å². The highest BCUT2D eigenvalue weighted by Crippen LogP contribution is 2.11. The number of nitrogens with zero attached hydrogens (tertiary/aromatic N) is 5. The number of carbonyl (C=O) groups excluding carboxylic acids is 1. The molecule has 0 saturated heterocycles. The summed E-state index contributed by atoms with van der Waals surface area (Å²) in [6.45, 7) is 2.51. The van der Waals surface area contributed by atoms with Crippen LogP contribution < -0.4 is 10.2 Å². The summed E-state index contributed by atoms with van der Waals surface area (Å²) in [6.07, 6.45) is 7.39. The van der Waals surface area contributed by atoms with Crippen LogP contribution in [0.15, 0.2) is 47.5 Å². The van der Waals surface area contributed by atoms with Gasteiger partial charge in [-0.25, -0.2) is 9.97 Å². The third-order valence-electron chi connectivity index (χ3n) is 3.60. The summed E-state index contributed by atoms with van der Waals surface area (Å²) in [6, 6.07) is 5.60. The number of amides is 1. The first-order chi connectivity index (χ1) is 12.1. The second-order valence-electron chi connectivity index (χ2n) is 5.58. The van der Waals surface area contributed by atoms with E-state index in [2.05, 4.69) is 25.4 Å². The second-order valence-corrected chi connectivity index (χ2v) is 5.58. The van der Waals surface area contributed by atoms with Crippen LogP contribution in [0.1, 0.15) is 21.7 Å². The van der Waals surface area contributed by atoms with Gasteiger partial charge in [0.05, 0.1) is 5.56 Å². The Hall–Kier alpha value is -3.29. The van der Waals surface area contributed by atoms with Crippen LogP contribution in [-0.4, -0.2) is 39.6 Å². The molecule has 0 radical (unpaired) electrons. The van der Waals surface area contributed by atoms with E-state index < -0.39 is 0 Å². The van der Waals surface area contributed by atoms with E-state index in [0.717, 1.165) is 13.0 Å². The summed E-state index contributed by atoms with van der Waals surface area (Å²) in [7, 11) is 1.91. The molecule has 8 heteroatoms. The first-order valence-corrected chi connectivity index (χ1v) is 7.78. The minimum atomic E-state index is -0.334. The first kappa shape index (κ1) is 16.6. The Morgan fingerprint density at radius 1 is 1.24 bits per heavy atom. The van der Waals surface area contributed by atoms with Gasteiger partial charge in [0.15, 0.2) is 5.82 Å². The van der Waals surface area contributed by atoms with E-state index >= 15 is 0 Å². The van der Waals surface area contributed by atoms with Crippen molar-refractivity contribution in [2.45, 2.75) is 13.3 Å². The fraction of sp³-hybridized carbons (Fsp3) is 0.235. The molecule has 0 saturated carbocycles. The molecule has 25 heavy (non-hydrogen) atoms. The zero-order valence-electron chi connectivity index (χ0n) is 14.0. The molecule has 128 valence electrons. The average molecular weight is 338 g/mol. The Kier molecular flexibility index (Phi) is 4.98. The molecule has 1 N–H and O–H groups in total. The lowest BCUT2D eigenvalue weighted by atomic mass is 10.2. The summed E-state index contributed by atoms with van der Waals surface area (Å²) < 4.78 is 4.91. The maximum Gasteiger partial charge on any atom is 0.260 e. The number of likely N-dealkylation sites (N-methyl/N-ethyl adjacent to an activating group) is 1. The number of aromatic nitrogens is 4. The Balaban J connectivity index is 1.58. The van der Waals surface area contributed by atoms with Gasteiger partial charge in [-0.15, -0.1) is 0 Å². The van der Waals surface area contributed by atoms with E-state index in [1.54, 1.807) is 25.4 Å². The molecule has 1 amide bonds. The van der Waals surface area contributed by atoms with Crippen molar-refractivity contribution < 1.29 is 9.32 Å². The lowest BCUT2D eigenvalue weighted by molar-refractivity contribution is 0.102. The molecule has 0 aliphatic rings. The molecule has 8 nitrogen and oxygen atoms in total. The highest BCUT2D eigenvalue weighted by atomic mass is 16.5. The third-order valence-corrected chi connectivity index (χ3v) is 3.60. The molecule has 0 fully saturated rings. The first-order valence-electron chi connectivity index (χ1n) is 7.78. The minimum Gasteiger partial charge on any atom is -0.360 e. The molecular formula is C17H18N6O2. The molecular weight excluding hydrogens is 320 g/mol. The molecule has 0 aromatic carbocycles. The quantitative estimate of drug-likeness (QED) is 0.735. The SMILES string of the molecule is Cc1cc(NC(=O)c2cnc(N(C)CCc3ccncc3)nc2)no1. The van der Waals surface area contributed by atoms with Crippen molar-refractivity contribution in [3.05, 3.63) is 59.9 Å². The fourth-order valence-corrected chi connectivity index (χ4v) is 2.20. The summed E-state index contributed by atoms with van der Waals surface area (Å²) >= 11 is 0. The Morgan fingerprint density at radius 3 is 2.60 bits per heavy atom. The molecule has 0 aliphatic heterocycles. The van der Waals surface area contributed by atoms with Gasteiger partial charge in [0.25, 0.3) is 5.91 Å². The van der Waals surface area contributed by atoms with Crippen LogP contribution in [0.2, 0.25) is 0 Å². The second kappa shape index (κ2) is 7.52. The van der Waals surface area contributed by atoms with E-state index in [0.29, 0.717) is 23.1 Å². The van der Waals surface area contributed by atoms with Crippen LogP contribution in [0, 0.1) is 6.92 Å². The monoisotopic (exact) mass is 338 g/mol. The van der Waals surface area contributed by atoms with Crippen molar-refractivity contribution in [3.63, 3.8) is 0 Å². The zero-order valence-corrected chi connectivity index (χ0v) is 14.0. The molecule has 0 spiro atoms. The molecule has 3 aromatic rings. The number of hydrogen-bond acceptors (Lipinski definition) is 7. The fourth-order valence-electron chi connectivity index (χ4n) is 2.20. The molecule has 0 bridgehead atoms. The molecule has 0 atom stereocenters. The van der Waals surface area contributed by atoms with Gasteiger partial charge in [-0.3, -0.25) is 9.78 Å². The molecule has 3 heterocycles. The van der Waals surface area contributed by atoms with Gasteiger partial charge in [-0.2, -0.15) is 0 Å². The standard InChI is InChI=1S/C17H18N6O2/c1-12-9-15(22-25-12)21-16(24)14-10-19-17(20-11-14)23(2)8-5-13-3-6-18-7-4-13/h3-4,6-7,9-11H,5,8H2,1-2H3,(H,21,22,24). The van der Waals surface area contributed by atoms with Gasteiger partial charge in [0.2, 0.25) is 5.95 Å². The van der Waals surface area contributed by atoms with E-state index in [1.165, 1.54) is 18.0 Å². The summed E-state index contributed by atoms with van der Waals surface area (Å²) in [5, 5.41) is 6.35. The summed E-state index contributed by atoms with van der Waals surface area (Å²) in [5.41, 5.74) is 1.55. The molecule has 0 unspecified atom stereocenters. The van der Waals surface area contributed by atoms with Crippen molar-refractivity contribution in [1.29, 1.82) is 0 Å². The maximum atomic E-state index is 12.1. The molecule has 3 aromatic heterocycles. The van der Waals surface area contributed by atoms with Gasteiger partial charge in [-0.1, -0.05) is 5.16 Å². The Morgan fingerprint density at radius 2 is 1.96 bits per heavy atom. The van der Waals surface area contributed by atoms with Crippen molar-refractivity contribution >= 4 is 17.7 Å². The van der Waals surface area contributed by atoms with Crippen LogP contribution in [0.5, 0.6) is 0 Å². The van der Waals surface area contributed by atoms with Gasteiger partial charge in [0.1, 0.15) is 5.76 Å². The highest BCUT2D eigenvalue weighted by molar-refractivity contribution is 6.03. The largest absolute Gasteiger partial charge is 0.360 e. The van der Waals surface area contributed by atoms with Crippen molar-refractivity contribution in [2.75, 3.05) is 23.8 Å². The minimum absolute atomic E-state index is 0.334.